The van der Waals surface area contributed by atoms with Crippen molar-refractivity contribution in [3.8, 4) is 5.75 Å². The molecule has 6 heteroatoms. The van der Waals surface area contributed by atoms with Crippen molar-refractivity contribution in [1.82, 2.24) is 0 Å². The second-order valence-corrected chi connectivity index (χ2v) is 4.31. The molecule has 0 radical (unpaired) electrons. The summed E-state index contributed by atoms with van der Waals surface area (Å²) in [6.07, 6.45) is 1.02. The van der Waals surface area contributed by atoms with E-state index in [-0.39, 0.29) is 5.91 Å². The van der Waals surface area contributed by atoms with Gasteiger partial charge in [0.15, 0.2) is 5.75 Å². The van der Waals surface area contributed by atoms with Crippen LogP contribution in [0.2, 0.25) is 5.02 Å². The molecular weight excluding hydrogens is 268 g/mol. The first-order valence-electron chi connectivity index (χ1n) is 6.09. The minimum Gasteiger partial charge on any atom is -0.487 e. The van der Waals surface area contributed by atoms with Gasteiger partial charge < -0.3 is 20.5 Å². The van der Waals surface area contributed by atoms with E-state index in [1.165, 1.54) is 0 Å². The Kier molecular flexibility index (Phi) is 7.25. The Morgan fingerprint density at radius 1 is 1.42 bits per heavy atom. The van der Waals surface area contributed by atoms with Crippen LogP contribution in [0, 0.1) is 0 Å². The number of para-hydroxylation sites is 1. The average Bonchev–Trinajstić information content (AvgIpc) is 2.39. The number of nitrogens with two attached hydrogens (primary N) is 1. The number of hydrogen-bond acceptors (Lipinski definition) is 4. The lowest BCUT2D eigenvalue weighted by Gasteiger charge is -2.13. The molecule has 0 aromatic heterocycles. The summed E-state index contributed by atoms with van der Waals surface area (Å²) in [5.74, 6) is 0.353. The number of amides is 1. The predicted molar refractivity (Wildman–Crippen MR) is 75.7 cm³/mol. The van der Waals surface area contributed by atoms with Gasteiger partial charge in [-0.05, 0) is 25.1 Å². The molecule has 0 atom stereocenters. The molecular formula is C13H19ClN2O3. The first-order chi connectivity index (χ1) is 9.19. The lowest BCUT2D eigenvalue weighted by molar-refractivity contribution is -0.116. The van der Waals surface area contributed by atoms with Gasteiger partial charge in [-0.1, -0.05) is 17.7 Å². The summed E-state index contributed by atoms with van der Waals surface area (Å²) in [5.41, 5.74) is 5.93. The predicted octanol–water partition coefficient (Wildman–Crippen LogP) is 2.04. The molecule has 0 aliphatic heterocycles. The van der Waals surface area contributed by atoms with Crippen LogP contribution in [0.4, 0.5) is 5.69 Å². The van der Waals surface area contributed by atoms with Gasteiger partial charge in [0.1, 0.15) is 6.61 Å². The lowest BCUT2D eigenvalue weighted by Crippen LogP contribution is -2.15. The van der Waals surface area contributed by atoms with E-state index < -0.39 is 0 Å². The number of nitrogens with one attached hydrogen (secondary N) is 1. The van der Waals surface area contributed by atoms with Gasteiger partial charge in [0.25, 0.3) is 0 Å². The first-order valence-corrected chi connectivity index (χ1v) is 6.47. The topological polar surface area (TPSA) is 73.6 Å². The molecule has 0 unspecified atom stereocenters. The van der Waals surface area contributed by atoms with Gasteiger partial charge in [-0.25, -0.2) is 0 Å². The number of anilines is 1. The summed E-state index contributed by atoms with van der Waals surface area (Å²) >= 11 is 6.06. The SMILES string of the molecule is COCCOc1c(Cl)cccc1NC(=O)CCCN. The quantitative estimate of drug-likeness (QED) is 0.717. The Hall–Kier alpha value is -1.30. The molecule has 5 nitrogen and oxygen atoms in total. The Morgan fingerprint density at radius 2 is 2.21 bits per heavy atom. The summed E-state index contributed by atoms with van der Waals surface area (Å²) in [6, 6.07) is 5.21. The number of benzene rings is 1. The van der Waals surface area contributed by atoms with Crippen molar-refractivity contribution < 1.29 is 14.3 Å². The largest absolute Gasteiger partial charge is 0.487 e. The maximum absolute atomic E-state index is 11.7. The summed E-state index contributed by atoms with van der Waals surface area (Å²) < 4.78 is 10.4. The Morgan fingerprint density at radius 3 is 2.89 bits per heavy atom. The van der Waals surface area contributed by atoms with Gasteiger partial charge in [-0.15, -0.1) is 0 Å². The second kappa shape index (κ2) is 8.74. The monoisotopic (exact) mass is 286 g/mol. The first kappa shape index (κ1) is 15.8. The van der Waals surface area contributed by atoms with E-state index in [2.05, 4.69) is 5.32 Å². The van der Waals surface area contributed by atoms with Crippen LogP contribution >= 0.6 is 11.6 Å². The molecule has 0 aliphatic rings. The number of hydrogen-bond donors (Lipinski definition) is 2. The molecule has 3 N–H and O–H groups in total. The fourth-order valence-electron chi connectivity index (χ4n) is 1.46. The third kappa shape index (κ3) is 5.46. The molecule has 1 aromatic rings. The molecule has 1 aromatic carbocycles. The fourth-order valence-corrected chi connectivity index (χ4v) is 1.69. The molecule has 1 rings (SSSR count). The number of ether oxygens (including phenoxy) is 2. The van der Waals surface area contributed by atoms with Crippen LogP contribution in [0.15, 0.2) is 18.2 Å². The molecule has 0 fully saturated rings. The molecule has 106 valence electrons. The van der Waals surface area contributed by atoms with Crippen LogP contribution in [0.25, 0.3) is 0 Å². The molecule has 0 saturated carbocycles. The summed E-state index contributed by atoms with van der Waals surface area (Å²) in [4.78, 5) is 11.7. The van der Waals surface area contributed by atoms with Crippen LogP contribution in [0.3, 0.4) is 0 Å². The van der Waals surface area contributed by atoms with Crippen molar-refractivity contribution in [2.75, 3.05) is 32.2 Å². The minimum atomic E-state index is -0.107. The van der Waals surface area contributed by atoms with E-state index in [9.17, 15) is 4.79 Å². The summed E-state index contributed by atoms with van der Waals surface area (Å²) in [5, 5.41) is 3.22. The van der Waals surface area contributed by atoms with Gasteiger partial charge in [0.05, 0.1) is 17.3 Å². The molecule has 0 heterocycles. The molecule has 0 spiro atoms. The Balaban J connectivity index is 2.70. The van der Waals surface area contributed by atoms with Crippen molar-refractivity contribution in [2.45, 2.75) is 12.8 Å². The van der Waals surface area contributed by atoms with Crippen LogP contribution in [-0.2, 0) is 9.53 Å². The van der Waals surface area contributed by atoms with Gasteiger partial charge >= 0.3 is 0 Å². The van der Waals surface area contributed by atoms with E-state index >= 15 is 0 Å². The van der Waals surface area contributed by atoms with Gasteiger partial charge in [-0.2, -0.15) is 0 Å². The normalized spacial score (nSPS) is 10.3. The molecule has 19 heavy (non-hydrogen) atoms. The highest BCUT2D eigenvalue weighted by atomic mass is 35.5. The lowest BCUT2D eigenvalue weighted by atomic mass is 10.2. The van der Waals surface area contributed by atoms with Crippen LogP contribution in [0.5, 0.6) is 5.75 Å². The third-order valence-electron chi connectivity index (χ3n) is 2.38. The van der Waals surface area contributed by atoms with E-state index in [0.29, 0.717) is 49.1 Å². The van der Waals surface area contributed by atoms with Gasteiger partial charge in [0, 0.05) is 13.5 Å². The smallest absolute Gasteiger partial charge is 0.224 e. The minimum absolute atomic E-state index is 0.107. The summed E-state index contributed by atoms with van der Waals surface area (Å²) in [7, 11) is 1.59. The number of rotatable bonds is 8. The van der Waals surface area contributed by atoms with Gasteiger partial charge in [-0.3, -0.25) is 4.79 Å². The zero-order valence-corrected chi connectivity index (χ0v) is 11.7. The maximum Gasteiger partial charge on any atom is 0.224 e. The van der Waals surface area contributed by atoms with Crippen molar-refractivity contribution >= 4 is 23.2 Å². The van der Waals surface area contributed by atoms with Crippen molar-refractivity contribution in [3.63, 3.8) is 0 Å². The van der Waals surface area contributed by atoms with Crippen LogP contribution in [0.1, 0.15) is 12.8 Å². The van der Waals surface area contributed by atoms with E-state index in [1.54, 1.807) is 25.3 Å². The van der Waals surface area contributed by atoms with E-state index in [0.717, 1.165) is 0 Å². The number of carbonyl (C=O) groups excluding carboxylic acids is 1. The number of halogens is 1. The zero-order valence-electron chi connectivity index (χ0n) is 10.9. The molecule has 0 saturated heterocycles. The van der Waals surface area contributed by atoms with Crippen molar-refractivity contribution in [1.29, 1.82) is 0 Å². The zero-order chi connectivity index (χ0) is 14.1. The highest BCUT2D eigenvalue weighted by molar-refractivity contribution is 6.32. The Bertz CT molecular complexity index is 413. The maximum atomic E-state index is 11.7. The van der Waals surface area contributed by atoms with Crippen LogP contribution < -0.4 is 15.8 Å². The third-order valence-corrected chi connectivity index (χ3v) is 2.68. The average molecular weight is 287 g/mol. The van der Waals surface area contributed by atoms with E-state index in [4.69, 9.17) is 26.8 Å². The summed E-state index contributed by atoms with van der Waals surface area (Å²) in [6.45, 7) is 1.30. The van der Waals surface area contributed by atoms with E-state index in [1.807, 2.05) is 0 Å². The second-order valence-electron chi connectivity index (χ2n) is 3.90. The fraction of sp³-hybridized carbons (Fsp3) is 0.462. The number of carbonyl (C=O) groups is 1. The highest BCUT2D eigenvalue weighted by Crippen LogP contribution is 2.32. The highest BCUT2D eigenvalue weighted by Gasteiger charge is 2.11. The van der Waals surface area contributed by atoms with Crippen molar-refractivity contribution in [3.05, 3.63) is 23.2 Å². The molecule has 0 aliphatic carbocycles. The molecule has 0 bridgehead atoms. The standard InChI is InChI=1S/C13H19ClN2O3/c1-18-8-9-19-13-10(14)4-2-5-11(13)16-12(17)6-3-7-15/h2,4-5H,3,6-9,15H2,1H3,(H,16,17). The van der Waals surface area contributed by atoms with Crippen molar-refractivity contribution in [2.24, 2.45) is 5.73 Å². The van der Waals surface area contributed by atoms with Gasteiger partial charge in [0.2, 0.25) is 5.91 Å². The molecule has 1 amide bonds. The number of methoxy groups -OCH3 is 1. The Labute approximate surface area is 118 Å². The van der Waals surface area contributed by atoms with Crippen LogP contribution in [-0.4, -0.2) is 32.8 Å².